The van der Waals surface area contributed by atoms with Gasteiger partial charge in [-0.05, 0) is 54.9 Å². The van der Waals surface area contributed by atoms with Gasteiger partial charge in [0.2, 0.25) is 15.9 Å². The Balaban J connectivity index is 1.43. The van der Waals surface area contributed by atoms with E-state index in [9.17, 15) is 18.0 Å². The first-order valence-corrected chi connectivity index (χ1v) is 14.4. The highest BCUT2D eigenvalue weighted by Crippen LogP contribution is 2.31. The Labute approximate surface area is 218 Å². The molecule has 0 unspecified atom stereocenters. The average Bonchev–Trinajstić information content (AvgIpc) is 3.47. The molecule has 2 aromatic carbocycles. The Morgan fingerprint density at radius 2 is 1.65 bits per heavy atom. The summed E-state index contributed by atoms with van der Waals surface area (Å²) in [7, 11) is -3.34. The van der Waals surface area contributed by atoms with Crippen molar-refractivity contribution in [3.05, 3.63) is 65.7 Å². The van der Waals surface area contributed by atoms with Crippen molar-refractivity contribution in [1.82, 2.24) is 9.62 Å². The molecule has 1 aliphatic heterocycles. The molecule has 2 amide bonds. The van der Waals surface area contributed by atoms with Crippen LogP contribution in [0.5, 0.6) is 0 Å². The number of ether oxygens (including phenoxy) is 1. The summed E-state index contributed by atoms with van der Waals surface area (Å²) in [5.74, 6) is -0.611. The van der Waals surface area contributed by atoms with Crippen LogP contribution in [0.25, 0.3) is 0 Å². The maximum Gasteiger partial charge on any atom is 0.408 e. The average molecular weight is 529 g/mol. The Morgan fingerprint density at radius 3 is 2.32 bits per heavy atom. The lowest BCUT2D eigenvalue weighted by Gasteiger charge is -2.36. The molecule has 4 N–H and O–H groups in total. The third kappa shape index (κ3) is 7.09. The Kier molecular flexibility index (Phi) is 9.18. The SMILES string of the molecule is NCc1cccc(NC(=O)[C@@H](NC(=O)OCc2ccccc2)C2CCN(S(=O)(=O)C3CCCC3)CC2)c1. The highest BCUT2D eigenvalue weighted by atomic mass is 32.2. The molecule has 1 saturated heterocycles. The van der Waals surface area contributed by atoms with Gasteiger partial charge < -0.3 is 21.1 Å². The van der Waals surface area contributed by atoms with E-state index in [1.807, 2.05) is 36.4 Å². The van der Waals surface area contributed by atoms with E-state index in [1.165, 1.54) is 0 Å². The number of carbonyl (C=O) groups excluding carboxylic acids is 2. The van der Waals surface area contributed by atoms with Gasteiger partial charge >= 0.3 is 6.09 Å². The van der Waals surface area contributed by atoms with Gasteiger partial charge in [0.1, 0.15) is 12.6 Å². The van der Waals surface area contributed by atoms with Crippen LogP contribution in [0.4, 0.5) is 10.5 Å². The van der Waals surface area contributed by atoms with E-state index in [4.69, 9.17) is 10.5 Å². The maximum atomic E-state index is 13.4. The predicted molar refractivity (Wildman–Crippen MR) is 142 cm³/mol. The summed E-state index contributed by atoms with van der Waals surface area (Å²) in [6.45, 7) is 1.08. The van der Waals surface area contributed by atoms with Crippen LogP contribution in [0.1, 0.15) is 49.7 Å². The molecule has 1 saturated carbocycles. The van der Waals surface area contributed by atoms with Crippen LogP contribution in [0.3, 0.4) is 0 Å². The number of amides is 2. The monoisotopic (exact) mass is 528 g/mol. The van der Waals surface area contributed by atoms with Crippen molar-refractivity contribution in [2.24, 2.45) is 11.7 Å². The first-order valence-electron chi connectivity index (χ1n) is 12.9. The topological polar surface area (TPSA) is 131 Å². The van der Waals surface area contributed by atoms with E-state index in [0.717, 1.165) is 24.0 Å². The van der Waals surface area contributed by atoms with Gasteiger partial charge in [-0.3, -0.25) is 4.79 Å². The molecule has 0 aromatic heterocycles. The third-order valence-corrected chi connectivity index (χ3v) is 9.65. The number of carbonyl (C=O) groups is 2. The number of alkyl carbamates (subject to hydrolysis) is 1. The summed E-state index contributed by atoms with van der Waals surface area (Å²) in [6, 6.07) is 15.6. The van der Waals surface area contributed by atoms with Crippen molar-refractivity contribution in [2.75, 3.05) is 18.4 Å². The van der Waals surface area contributed by atoms with Crippen molar-refractivity contribution in [2.45, 2.75) is 63.0 Å². The largest absolute Gasteiger partial charge is 0.445 e. The van der Waals surface area contributed by atoms with Crippen LogP contribution < -0.4 is 16.4 Å². The van der Waals surface area contributed by atoms with Crippen molar-refractivity contribution >= 4 is 27.7 Å². The lowest BCUT2D eigenvalue weighted by molar-refractivity contribution is -0.119. The van der Waals surface area contributed by atoms with E-state index < -0.39 is 22.2 Å². The Bertz CT molecular complexity index is 1160. The van der Waals surface area contributed by atoms with E-state index >= 15 is 0 Å². The van der Waals surface area contributed by atoms with Gasteiger partial charge in [0.15, 0.2) is 0 Å². The fourth-order valence-electron chi connectivity index (χ4n) is 5.15. The van der Waals surface area contributed by atoms with Gasteiger partial charge in [-0.1, -0.05) is 55.3 Å². The number of sulfonamides is 1. The molecule has 37 heavy (non-hydrogen) atoms. The number of rotatable bonds is 9. The molecule has 1 atom stereocenters. The minimum atomic E-state index is -3.34. The molecule has 9 nitrogen and oxygen atoms in total. The molecule has 2 aliphatic rings. The zero-order chi connectivity index (χ0) is 26.3. The van der Waals surface area contributed by atoms with Crippen LogP contribution in [0.2, 0.25) is 0 Å². The third-order valence-electron chi connectivity index (χ3n) is 7.25. The lowest BCUT2D eigenvalue weighted by atomic mass is 9.89. The number of hydrogen-bond acceptors (Lipinski definition) is 6. The minimum absolute atomic E-state index is 0.0810. The number of benzene rings is 2. The highest BCUT2D eigenvalue weighted by Gasteiger charge is 2.39. The van der Waals surface area contributed by atoms with E-state index in [0.29, 0.717) is 51.0 Å². The summed E-state index contributed by atoms with van der Waals surface area (Å²) in [5, 5.41) is 5.33. The number of anilines is 1. The summed E-state index contributed by atoms with van der Waals surface area (Å²) >= 11 is 0. The molecule has 2 aromatic rings. The molecule has 10 heteroatoms. The minimum Gasteiger partial charge on any atom is -0.445 e. The second-order valence-corrected chi connectivity index (χ2v) is 12.0. The summed E-state index contributed by atoms with van der Waals surface area (Å²) in [5.41, 5.74) is 8.01. The Morgan fingerprint density at radius 1 is 0.973 bits per heavy atom. The van der Waals surface area contributed by atoms with Crippen molar-refractivity contribution in [3.8, 4) is 0 Å². The van der Waals surface area contributed by atoms with Crippen molar-refractivity contribution in [1.29, 1.82) is 0 Å². The smallest absolute Gasteiger partial charge is 0.408 e. The number of hydrogen-bond donors (Lipinski definition) is 3. The number of piperidine rings is 1. The van der Waals surface area contributed by atoms with Crippen LogP contribution in [-0.4, -0.2) is 49.1 Å². The van der Waals surface area contributed by atoms with Crippen LogP contribution in [-0.2, 0) is 32.7 Å². The van der Waals surface area contributed by atoms with Crippen molar-refractivity contribution < 1.29 is 22.7 Å². The lowest BCUT2D eigenvalue weighted by Crippen LogP contribution is -2.52. The molecule has 1 aliphatic carbocycles. The fourth-order valence-corrected chi connectivity index (χ4v) is 7.22. The summed E-state index contributed by atoms with van der Waals surface area (Å²) < 4.78 is 33.0. The van der Waals surface area contributed by atoms with Crippen LogP contribution in [0.15, 0.2) is 54.6 Å². The molecular weight excluding hydrogens is 492 g/mol. The standard InChI is InChI=1S/C27H36N4O5S/c28-18-21-9-6-10-23(17-21)29-26(32)25(30-27(33)36-19-20-7-2-1-3-8-20)22-13-15-31(16-14-22)37(34,35)24-11-4-5-12-24/h1-3,6-10,17,22,24-25H,4-5,11-16,18-19,28H2,(H,29,32)(H,30,33)/t25-/m0/s1. The number of nitrogens with zero attached hydrogens (tertiary/aromatic N) is 1. The van der Waals surface area contributed by atoms with Crippen LogP contribution >= 0.6 is 0 Å². The van der Waals surface area contributed by atoms with E-state index in [2.05, 4.69) is 10.6 Å². The van der Waals surface area contributed by atoms with Gasteiger partial charge in [-0.25, -0.2) is 17.5 Å². The van der Waals surface area contributed by atoms with Gasteiger partial charge in [0, 0.05) is 25.3 Å². The van der Waals surface area contributed by atoms with Gasteiger partial charge in [-0.15, -0.1) is 0 Å². The van der Waals surface area contributed by atoms with E-state index in [-0.39, 0.29) is 23.7 Å². The number of nitrogens with two attached hydrogens (primary N) is 1. The zero-order valence-corrected chi connectivity index (χ0v) is 21.8. The molecule has 4 rings (SSSR count). The molecule has 200 valence electrons. The van der Waals surface area contributed by atoms with Crippen LogP contribution in [0, 0.1) is 5.92 Å². The van der Waals surface area contributed by atoms with Gasteiger partial charge in [-0.2, -0.15) is 0 Å². The predicted octanol–water partition coefficient (Wildman–Crippen LogP) is 3.36. The Hall–Kier alpha value is -2.95. The quantitative estimate of drug-likeness (QED) is 0.457. The zero-order valence-electron chi connectivity index (χ0n) is 21.0. The van der Waals surface area contributed by atoms with E-state index in [1.54, 1.807) is 22.5 Å². The first kappa shape index (κ1) is 27.1. The highest BCUT2D eigenvalue weighted by molar-refractivity contribution is 7.89. The molecule has 0 spiro atoms. The second-order valence-electron chi connectivity index (χ2n) is 9.77. The van der Waals surface area contributed by atoms with Gasteiger partial charge in [0.05, 0.1) is 5.25 Å². The van der Waals surface area contributed by atoms with Gasteiger partial charge in [0.25, 0.3) is 0 Å². The fraction of sp³-hybridized carbons (Fsp3) is 0.481. The molecule has 1 heterocycles. The molecule has 0 radical (unpaired) electrons. The number of nitrogens with one attached hydrogen (secondary N) is 2. The maximum absolute atomic E-state index is 13.4. The van der Waals surface area contributed by atoms with Crippen molar-refractivity contribution in [3.63, 3.8) is 0 Å². The molecule has 0 bridgehead atoms. The molecular formula is C27H36N4O5S. The molecule has 2 fully saturated rings. The summed E-state index contributed by atoms with van der Waals surface area (Å²) in [6.07, 6.45) is 3.55. The second kappa shape index (κ2) is 12.5. The first-order chi connectivity index (χ1) is 17.9. The normalized spacial score (nSPS) is 18.3. The summed E-state index contributed by atoms with van der Waals surface area (Å²) in [4.78, 5) is 26.1.